The summed E-state index contributed by atoms with van der Waals surface area (Å²) in [6.45, 7) is 9.87. The summed E-state index contributed by atoms with van der Waals surface area (Å²) in [7, 11) is 0. The Kier molecular flexibility index (Phi) is 9.93. The Hall–Kier alpha value is -3.61. The first-order chi connectivity index (χ1) is 23.4. The minimum absolute atomic E-state index is 0.281. The number of hydrogen-bond donors (Lipinski definition) is 0. The fourth-order valence-electron chi connectivity index (χ4n) is 6.61. The van der Waals surface area contributed by atoms with Crippen LogP contribution in [0.2, 0.25) is 10.0 Å². The maximum absolute atomic E-state index is 6.59. The SMILES string of the molecule is CCN1CCCN(c2ccc(N3CCN(c4ccc(OC[C@@H]5CO[C@@](Cn6cncn6)(c6ccc(Cl)cc6Cl)O5)cc4)CC3)cc2)C1=S. The Morgan fingerprint density at radius 1 is 0.896 bits per heavy atom. The minimum Gasteiger partial charge on any atom is -0.491 e. The number of thiocarbonyl (C=S) groups is 1. The van der Waals surface area contributed by atoms with Crippen molar-refractivity contribution in [1.82, 2.24) is 19.7 Å². The van der Waals surface area contributed by atoms with Crippen LogP contribution in [0.3, 0.4) is 0 Å². The molecule has 10 nitrogen and oxygen atoms in total. The highest BCUT2D eigenvalue weighted by Crippen LogP contribution is 2.40. The molecule has 3 fully saturated rings. The van der Waals surface area contributed by atoms with E-state index in [-0.39, 0.29) is 12.6 Å². The van der Waals surface area contributed by atoms with Gasteiger partial charge in [0.1, 0.15) is 37.7 Å². The summed E-state index contributed by atoms with van der Waals surface area (Å²) in [6, 6.07) is 22.4. The monoisotopic (exact) mass is 707 g/mol. The van der Waals surface area contributed by atoms with Gasteiger partial charge in [-0.2, -0.15) is 5.10 Å². The number of nitrogens with zero attached hydrogens (tertiary/aromatic N) is 7. The predicted molar refractivity (Wildman–Crippen MR) is 194 cm³/mol. The van der Waals surface area contributed by atoms with Crippen molar-refractivity contribution in [1.29, 1.82) is 0 Å². The van der Waals surface area contributed by atoms with Gasteiger partial charge in [0, 0.05) is 73.5 Å². The second-order valence-electron chi connectivity index (χ2n) is 12.2. The lowest BCUT2D eigenvalue weighted by Gasteiger charge is -2.39. The van der Waals surface area contributed by atoms with E-state index in [1.807, 2.05) is 18.2 Å². The molecule has 0 aliphatic carbocycles. The molecule has 13 heteroatoms. The smallest absolute Gasteiger partial charge is 0.217 e. The molecule has 0 saturated carbocycles. The van der Waals surface area contributed by atoms with Crippen molar-refractivity contribution in [2.75, 3.05) is 73.7 Å². The number of ether oxygens (including phenoxy) is 3. The predicted octanol–water partition coefficient (Wildman–Crippen LogP) is 6.08. The van der Waals surface area contributed by atoms with Crippen LogP contribution >= 0.6 is 35.4 Å². The van der Waals surface area contributed by atoms with E-state index in [2.05, 4.69) is 73.0 Å². The summed E-state index contributed by atoms with van der Waals surface area (Å²) in [5.74, 6) is -0.371. The van der Waals surface area contributed by atoms with Gasteiger partial charge in [0.05, 0.1) is 11.6 Å². The number of rotatable bonds is 10. The molecule has 252 valence electrons. The van der Waals surface area contributed by atoms with Crippen LogP contribution in [0, 0.1) is 0 Å². The van der Waals surface area contributed by atoms with Gasteiger partial charge >= 0.3 is 0 Å². The minimum atomic E-state index is -1.14. The standard InChI is InChI=1S/C35H39Cl2N7O3S/c1-2-40-14-3-15-44(34(40)48)29-7-5-27(6-8-29)41-16-18-42(19-17-41)28-9-11-30(12-10-28)45-21-31-22-46-35(47-31,23-43-25-38-24-39-43)32-13-4-26(36)20-33(32)37/h4-13,20,24-25,31H,2-3,14-19,21-23H2,1H3/t31-,35-/m1/s1. The van der Waals surface area contributed by atoms with Gasteiger partial charge in [-0.3, -0.25) is 0 Å². The first kappa shape index (κ1) is 32.9. The van der Waals surface area contributed by atoms with Gasteiger partial charge in [-0.1, -0.05) is 29.3 Å². The first-order valence-electron chi connectivity index (χ1n) is 16.4. The maximum atomic E-state index is 6.59. The molecule has 48 heavy (non-hydrogen) atoms. The molecule has 4 aromatic rings. The average molecular weight is 709 g/mol. The van der Waals surface area contributed by atoms with Crippen molar-refractivity contribution in [3.05, 3.63) is 95.0 Å². The molecule has 0 unspecified atom stereocenters. The van der Waals surface area contributed by atoms with Crippen LogP contribution in [-0.4, -0.2) is 89.9 Å². The lowest BCUT2D eigenvalue weighted by Crippen LogP contribution is -2.49. The van der Waals surface area contributed by atoms with E-state index in [1.54, 1.807) is 23.1 Å². The molecule has 1 aromatic heterocycles. The summed E-state index contributed by atoms with van der Waals surface area (Å²) in [4.78, 5) is 13.5. The molecule has 4 heterocycles. The molecule has 0 bridgehead atoms. The van der Waals surface area contributed by atoms with E-state index in [9.17, 15) is 0 Å². The van der Waals surface area contributed by atoms with Gasteiger partial charge in [-0.25, -0.2) is 9.67 Å². The molecule has 7 rings (SSSR count). The molecule has 0 spiro atoms. The molecule has 0 N–H and O–H groups in total. The van der Waals surface area contributed by atoms with Gasteiger partial charge in [-0.15, -0.1) is 0 Å². The van der Waals surface area contributed by atoms with E-state index >= 15 is 0 Å². The molecule has 0 amide bonds. The fraction of sp³-hybridized carbons (Fsp3) is 0.400. The van der Waals surface area contributed by atoms with Crippen LogP contribution < -0.4 is 19.4 Å². The Morgan fingerprint density at radius 3 is 2.23 bits per heavy atom. The third-order valence-electron chi connectivity index (χ3n) is 9.17. The van der Waals surface area contributed by atoms with Crippen LogP contribution in [-0.2, 0) is 21.8 Å². The van der Waals surface area contributed by atoms with E-state index < -0.39 is 5.79 Å². The lowest BCUT2D eigenvalue weighted by molar-refractivity contribution is -0.190. The lowest BCUT2D eigenvalue weighted by atomic mass is 10.1. The zero-order chi connectivity index (χ0) is 33.1. The highest BCUT2D eigenvalue weighted by molar-refractivity contribution is 7.80. The van der Waals surface area contributed by atoms with Crippen molar-refractivity contribution in [2.45, 2.75) is 31.8 Å². The van der Waals surface area contributed by atoms with E-state index in [0.29, 0.717) is 28.8 Å². The first-order valence-corrected chi connectivity index (χ1v) is 17.6. The highest BCUT2D eigenvalue weighted by Gasteiger charge is 2.45. The molecule has 3 aliphatic rings. The van der Waals surface area contributed by atoms with Gasteiger partial charge in [-0.05, 0) is 86.2 Å². The van der Waals surface area contributed by atoms with Crippen molar-refractivity contribution in [2.24, 2.45) is 0 Å². The quantitative estimate of drug-likeness (QED) is 0.181. The number of halogens is 2. The van der Waals surface area contributed by atoms with Crippen LogP contribution in [0.5, 0.6) is 5.75 Å². The molecule has 2 atom stereocenters. The summed E-state index contributed by atoms with van der Waals surface area (Å²) >= 11 is 18.5. The molecule has 3 aromatic carbocycles. The zero-order valence-electron chi connectivity index (χ0n) is 26.9. The molecular formula is C35H39Cl2N7O3S. The Labute approximate surface area is 296 Å². The Morgan fingerprint density at radius 2 is 1.58 bits per heavy atom. The number of piperazine rings is 1. The zero-order valence-corrected chi connectivity index (χ0v) is 29.2. The molecular weight excluding hydrogens is 669 g/mol. The second-order valence-corrected chi connectivity index (χ2v) is 13.4. The van der Waals surface area contributed by atoms with Gasteiger partial charge in [0.25, 0.3) is 0 Å². The Bertz CT molecular complexity index is 1690. The molecule has 3 aliphatic heterocycles. The van der Waals surface area contributed by atoms with Gasteiger partial charge < -0.3 is 33.8 Å². The van der Waals surface area contributed by atoms with Crippen LogP contribution in [0.1, 0.15) is 18.9 Å². The normalized spacial score (nSPS) is 21.6. The Balaban J connectivity index is 0.917. The topological polar surface area (TPSA) is 71.4 Å². The van der Waals surface area contributed by atoms with E-state index in [4.69, 9.17) is 49.6 Å². The summed E-state index contributed by atoms with van der Waals surface area (Å²) in [5, 5.41) is 6.17. The summed E-state index contributed by atoms with van der Waals surface area (Å²) < 4.78 is 20.6. The maximum Gasteiger partial charge on any atom is 0.217 e. The van der Waals surface area contributed by atoms with Crippen molar-refractivity contribution < 1.29 is 14.2 Å². The number of benzene rings is 3. The van der Waals surface area contributed by atoms with Crippen molar-refractivity contribution in [3.8, 4) is 5.75 Å². The third-order valence-corrected chi connectivity index (χ3v) is 10.2. The van der Waals surface area contributed by atoms with Crippen LogP contribution in [0.15, 0.2) is 79.4 Å². The van der Waals surface area contributed by atoms with E-state index in [1.165, 1.54) is 23.4 Å². The number of hydrogen-bond acceptors (Lipinski definition) is 8. The van der Waals surface area contributed by atoms with Gasteiger partial charge in [0.15, 0.2) is 5.11 Å². The highest BCUT2D eigenvalue weighted by atomic mass is 35.5. The van der Waals surface area contributed by atoms with Crippen molar-refractivity contribution in [3.63, 3.8) is 0 Å². The largest absolute Gasteiger partial charge is 0.491 e. The van der Waals surface area contributed by atoms with Crippen LogP contribution in [0.25, 0.3) is 0 Å². The second kappa shape index (κ2) is 14.5. The molecule has 3 saturated heterocycles. The summed E-state index contributed by atoms with van der Waals surface area (Å²) in [6.07, 6.45) is 3.90. The number of anilines is 3. The average Bonchev–Trinajstić information content (AvgIpc) is 3.78. The molecule has 0 radical (unpaired) electrons. The third kappa shape index (κ3) is 7.06. The van der Waals surface area contributed by atoms with Crippen molar-refractivity contribution >= 4 is 57.6 Å². The fourth-order valence-corrected chi connectivity index (χ4v) is 7.58. The summed E-state index contributed by atoms with van der Waals surface area (Å²) in [5.41, 5.74) is 4.28. The van der Waals surface area contributed by atoms with Crippen LogP contribution in [0.4, 0.5) is 17.1 Å². The van der Waals surface area contributed by atoms with E-state index in [0.717, 1.165) is 63.1 Å². The van der Waals surface area contributed by atoms with Gasteiger partial charge in [0.2, 0.25) is 5.79 Å². The number of aromatic nitrogens is 3.